The Hall–Kier alpha value is -3.33. The highest BCUT2D eigenvalue weighted by Gasteiger charge is 2.35. The molecular formula is C23H24N4O4S. The van der Waals surface area contributed by atoms with Crippen LogP contribution >= 0.6 is 11.8 Å². The molecule has 0 spiro atoms. The number of ether oxygens (including phenoxy) is 1. The van der Waals surface area contributed by atoms with Crippen molar-refractivity contribution in [1.82, 2.24) is 10.2 Å². The molecule has 8 nitrogen and oxygen atoms in total. The van der Waals surface area contributed by atoms with Crippen LogP contribution in [0.15, 0.2) is 57.8 Å². The highest BCUT2D eigenvalue weighted by molar-refractivity contribution is 7.98. The van der Waals surface area contributed by atoms with Crippen molar-refractivity contribution in [2.75, 3.05) is 29.6 Å². The van der Waals surface area contributed by atoms with Crippen LogP contribution in [0.25, 0.3) is 0 Å². The van der Waals surface area contributed by atoms with Crippen LogP contribution in [0.2, 0.25) is 0 Å². The van der Waals surface area contributed by atoms with Crippen molar-refractivity contribution < 1.29 is 18.7 Å². The van der Waals surface area contributed by atoms with Gasteiger partial charge in [0.15, 0.2) is 6.61 Å². The predicted molar refractivity (Wildman–Crippen MR) is 122 cm³/mol. The van der Waals surface area contributed by atoms with Gasteiger partial charge in [0.05, 0.1) is 5.92 Å². The molecule has 1 aromatic heterocycles. The molecular weight excluding hydrogens is 428 g/mol. The van der Waals surface area contributed by atoms with Gasteiger partial charge in [-0.2, -0.15) is 0 Å². The van der Waals surface area contributed by atoms with Crippen LogP contribution in [0.3, 0.4) is 0 Å². The molecule has 9 heteroatoms. The first-order chi connectivity index (χ1) is 15.6. The zero-order valence-corrected chi connectivity index (χ0v) is 18.7. The third kappa shape index (κ3) is 5.11. The van der Waals surface area contributed by atoms with E-state index in [0.29, 0.717) is 18.2 Å². The Balaban J connectivity index is 1.31. The fraction of sp³-hybridized carbons (Fsp3) is 0.304. The smallest absolute Gasteiger partial charge is 0.322 e. The highest BCUT2D eigenvalue weighted by Crippen LogP contribution is 2.32. The lowest BCUT2D eigenvalue weighted by Crippen LogP contribution is -2.24. The van der Waals surface area contributed by atoms with Crippen molar-refractivity contribution in [3.05, 3.63) is 60.0 Å². The number of rotatable bonds is 8. The summed E-state index contributed by atoms with van der Waals surface area (Å²) in [6.45, 7) is 2.35. The Morgan fingerprint density at radius 2 is 1.94 bits per heavy atom. The number of amides is 2. The molecule has 0 radical (unpaired) electrons. The molecule has 0 aliphatic carbocycles. The van der Waals surface area contributed by atoms with Gasteiger partial charge in [-0.3, -0.25) is 14.9 Å². The van der Waals surface area contributed by atoms with Crippen molar-refractivity contribution in [3.63, 3.8) is 0 Å². The fourth-order valence-electron chi connectivity index (χ4n) is 3.46. The molecule has 0 bridgehead atoms. The number of carbonyl (C=O) groups is 2. The van der Waals surface area contributed by atoms with Gasteiger partial charge in [-0.1, -0.05) is 24.2 Å². The first-order valence-corrected chi connectivity index (χ1v) is 11.6. The number of nitrogens with one attached hydrogen (secondary N) is 1. The normalized spacial score (nSPS) is 15.8. The van der Waals surface area contributed by atoms with Gasteiger partial charge in [-0.25, -0.2) is 0 Å². The second kappa shape index (κ2) is 9.86. The van der Waals surface area contributed by atoms with E-state index < -0.39 is 5.91 Å². The van der Waals surface area contributed by atoms with Crippen LogP contribution in [-0.2, 0) is 16.0 Å². The van der Waals surface area contributed by atoms with E-state index in [-0.39, 0.29) is 30.9 Å². The van der Waals surface area contributed by atoms with Gasteiger partial charge in [0.2, 0.25) is 11.8 Å². The average Bonchev–Trinajstić information content (AvgIpc) is 3.44. The lowest BCUT2D eigenvalue weighted by Gasteiger charge is -2.16. The van der Waals surface area contributed by atoms with E-state index in [4.69, 9.17) is 9.15 Å². The monoisotopic (exact) mass is 452 g/mol. The maximum Gasteiger partial charge on any atom is 0.322 e. The molecule has 1 N–H and O–H groups in total. The summed E-state index contributed by atoms with van der Waals surface area (Å²) in [4.78, 5) is 27.5. The molecule has 3 aromatic rings. The lowest BCUT2D eigenvalue weighted by molar-refractivity contribution is -0.118. The molecule has 0 saturated carbocycles. The van der Waals surface area contributed by atoms with E-state index in [0.717, 1.165) is 17.0 Å². The molecule has 1 fully saturated rings. The van der Waals surface area contributed by atoms with Gasteiger partial charge < -0.3 is 14.1 Å². The molecule has 2 heterocycles. The van der Waals surface area contributed by atoms with Gasteiger partial charge in [0, 0.05) is 23.5 Å². The van der Waals surface area contributed by atoms with E-state index in [1.54, 1.807) is 16.7 Å². The molecule has 32 heavy (non-hydrogen) atoms. The maximum atomic E-state index is 12.5. The predicted octanol–water partition coefficient (Wildman–Crippen LogP) is 3.89. The van der Waals surface area contributed by atoms with Gasteiger partial charge in [-0.15, -0.1) is 16.9 Å². The summed E-state index contributed by atoms with van der Waals surface area (Å²) in [5, 5.41) is 10.5. The van der Waals surface area contributed by atoms with E-state index in [1.165, 1.54) is 5.56 Å². The van der Waals surface area contributed by atoms with Crippen LogP contribution in [-0.4, -0.2) is 41.4 Å². The summed E-state index contributed by atoms with van der Waals surface area (Å²) in [7, 11) is 0. The second-order valence-electron chi connectivity index (χ2n) is 7.38. The third-order valence-corrected chi connectivity index (χ3v) is 5.99. The minimum atomic E-state index is -0.405. The van der Waals surface area contributed by atoms with Crippen LogP contribution in [0, 0.1) is 0 Å². The highest BCUT2D eigenvalue weighted by atomic mass is 32.2. The van der Waals surface area contributed by atoms with E-state index in [2.05, 4.69) is 22.4 Å². The Kier molecular flexibility index (Phi) is 6.75. The van der Waals surface area contributed by atoms with E-state index in [9.17, 15) is 9.59 Å². The zero-order chi connectivity index (χ0) is 22.5. The standard InChI is InChI=1S/C23H24N4O4S/c1-3-15-4-8-18(9-5-15)30-14-20(28)24-23-26-25-22(31-23)16-12-21(29)27(13-16)17-6-10-19(32-2)11-7-17/h4-11,16H,3,12-14H2,1-2H3,(H,24,26,28). The number of hydrogen-bond acceptors (Lipinski definition) is 7. The number of hydrogen-bond donors (Lipinski definition) is 1. The molecule has 1 unspecified atom stereocenters. The minimum Gasteiger partial charge on any atom is -0.484 e. The van der Waals surface area contributed by atoms with Crippen molar-refractivity contribution >= 4 is 35.3 Å². The molecule has 2 aromatic carbocycles. The summed E-state index contributed by atoms with van der Waals surface area (Å²) < 4.78 is 11.1. The molecule has 1 aliphatic rings. The van der Waals surface area contributed by atoms with Crippen LogP contribution in [0.4, 0.5) is 11.7 Å². The van der Waals surface area contributed by atoms with Gasteiger partial charge in [0.25, 0.3) is 5.91 Å². The second-order valence-corrected chi connectivity index (χ2v) is 8.26. The number of benzene rings is 2. The molecule has 2 amide bonds. The van der Waals surface area contributed by atoms with Gasteiger partial charge >= 0.3 is 6.01 Å². The molecule has 1 saturated heterocycles. The summed E-state index contributed by atoms with van der Waals surface area (Å²) >= 11 is 1.65. The Morgan fingerprint density at radius 3 is 2.62 bits per heavy atom. The topological polar surface area (TPSA) is 97.6 Å². The summed E-state index contributed by atoms with van der Waals surface area (Å²) in [6, 6.07) is 15.4. The van der Waals surface area contributed by atoms with Crippen molar-refractivity contribution in [3.8, 4) is 5.75 Å². The van der Waals surface area contributed by atoms with Crippen molar-refractivity contribution in [2.24, 2.45) is 0 Å². The SMILES string of the molecule is CCc1ccc(OCC(=O)Nc2nnc(C3CC(=O)N(c4ccc(SC)cc4)C3)o2)cc1. The van der Waals surface area contributed by atoms with Crippen LogP contribution < -0.4 is 15.0 Å². The first kappa shape index (κ1) is 21.9. The average molecular weight is 453 g/mol. The zero-order valence-electron chi connectivity index (χ0n) is 17.9. The Morgan fingerprint density at radius 1 is 1.19 bits per heavy atom. The molecule has 166 valence electrons. The van der Waals surface area contributed by atoms with Crippen LogP contribution in [0.1, 0.15) is 30.7 Å². The Labute approximate surface area is 190 Å². The number of anilines is 2. The first-order valence-electron chi connectivity index (χ1n) is 10.3. The Bertz CT molecular complexity index is 1080. The molecule has 1 atom stereocenters. The van der Waals surface area contributed by atoms with E-state index >= 15 is 0 Å². The number of carbonyl (C=O) groups excluding carboxylic acids is 2. The lowest BCUT2D eigenvalue weighted by atomic mass is 10.1. The van der Waals surface area contributed by atoms with Crippen LogP contribution in [0.5, 0.6) is 5.75 Å². The number of nitrogens with zero attached hydrogens (tertiary/aromatic N) is 3. The van der Waals surface area contributed by atoms with Gasteiger partial charge in [0.1, 0.15) is 5.75 Å². The van der Waals surface area contributed by atoms with Crippen molar-refractivity contribution in [2.45, 2.75) is 30.6 Å². The minimum absolute atomic E-state index is 0.00169. The number of thioether (sulfide) groups is 1. The summed E-state index contributed by atoms with van der Waals surface area (Å²) in [5.74, 6) is 0.303. The largest absolute Gasteiger partial charge is 0.484 e. The molecule has 1 aliphatic heterocycles. The summed E-state index contributed by atoms with van der Waals surface area (Å²) in [5.41, 5.74) is 2.04. The number of aromatic nitrogens is 2. The van der Waals surface area contributed by atoms with Crippen molar-refractivity contribution in [1.29, 1.82) is 0 Å². The van der Waals surface area contributed by atoms with E-state index in [1.807, 2.05) is 54.8 Å². The third-order valence-electron chi connectivity index (χ3n) is 5.25. The number of aryl methyl sites for hydroxylation is 1. The maximum absolute atomic E-state index is 12.5. The fourth-order valence-corrected chi connectivity index (χ4v) is 3.87. The summed E-state index contributed by atoms with van der Waals surface area (Å²) in [6.07, 6.45) is 3.22. The van der Waals surface area contributed by atoms with Gasteiger partial charge in [-0.05, 0) is 54.6 Å². The molecule has 4 rings (SSSR count). The quantitative estimate of drug-likeness (QED) is 0.518.